The predicted molar refractivity (Wildman–Crippen MR) is 162 cm³/mol. The van der Waals surface area contributed by atoms with Crippen molar-refractivity contribution in [1.82, 2.24) is 25.0 Å². The SMILES string of the molecule is CCOC(=O)N1CCN(C(=O)[C@H](CCC(=O)O)NC(=O)c2cc(OCC(=O)N3CCCC[C@@H]3C(=O)O)c3ccc(C)cc3n2)CC1. The second-order valence-corrected chi connectivity index (χ2v) is 11.2. The zero-order valence-electron chi connectivity index (χ0n) is 25.9. The molecule has 248 valence electrons. The van der Waals surface area contributed by atoms with Crippen molar-refractivity contribution in [2.24, 2.45) is 0 Å². The molecule has 46 heavy (non-hydrogen) atoms. The molecule has 0 radical (unpaired) electrons. The van der Waals surface area contributed by atoms with E-state index in [1.165, 1.54) is 20.8 Å². The largest absolute Gasteiger partial charge is 0.483 e. The number of pyridine rings is 1. The zero-order valence-corrected chi connectivity index (χ0v) is 25.9. The number of amides is 4. The number of piperidine rings is 1. The van der Waals surface area contributed by atoms with Gasteiger partial charge in [0.05, 0.1) is 12.1 Å². The Kier molecular flexibility index (Phi) is 11.3. The number of fused-ring (bicyclic) bond motifs is 1. The average Bonchev–Trinajstić information content (AvgIpc) is 3.04. The van der Waals surface area contributed by atoms with Crippen LogP contribution in [0.25, 0.3) is 10.9 Å². The van der Waals surface area contributed by atoms with Gasteiger partial charge in [-0.15, -0.1) is 0 Å². The molecule has 2 aromatic rings. The Morgan fingerprint density at radius 3 is 2.39 bits per heavy atom. The topological polar surface area (TPSA) is 196 Å². The minimum Gasteiger partial charge on any atom is -0.483 e. The Balaban J connectivity index is 1.52. The Morgan fingerprint density at radius 1 is 1.00 bits per heavy atom. The molecule has 0 bridgehead atoms. The first-order valence-electron chi connectivity index (χ1n) is 15.3. The monoisotopic (exact) mass is 641 g/mol. The molecule has 4 rings (SSSR count). The number of carboxylic acid groups (broad SMARTS) is 2. The maximum Gasteiger partial charge on any atom is 0.409 e. The van der Waals surface area contributed by atoms with Gasteiger partial charge in [-0.2, -0.15) is 0 Å². The van der Waals surface area contributed by atoms with Crippen LogP contribution in [0.15, 0.2) is 24.3 Å². The fourth-order valence-corrected chi connectivity index (χ4v) is 5.55. The number of aliphatic carboxylic acids is 2. The van der Waals surface area contributed by atoms with E-state index in [0.717, 1.165) is 5.56 Å². The second kappa shape index (κ2) is 15.4. The van der Waals surface area contributed by atoms with Crippen LogP contribution >= 0.6 is 0 Å². The molecule has 15 heteroatoms. The molecule has 2 aliphatic heterocycles. The first-order chi connectivity index (χ1) is 22.0. The van der Waals surface area contributed by atoms with Crippen LogP contribution in [0.2, 0.25) is 0 Å². The Hall–Kier alpha value is -4.95. The van der Waals surface area contributed by atoms with Crippen molar-refractivity contribution in [3.05, 3.63) is 35.5 Å². The summed E-state index contributed by atoms with van der Waals surface area (Å²) in [6.45, 7) is 4.38. The summed E-state index contributed by atoms with van der Waals surface area (Å²) in [5.74, 6) is -3.81. The number of aryl methyl sites for hydroxylation is 1. The molecular formula is C31H39N5O10. The zero-order chi connectivity index (χ0) is 33.4. The van der Waals surface area contributed by atoms with E-state index in [-0.39, 0.29) is 57.1 Å². The first-order valence-corrected chi connectivity index (χ1v) is 15.3. The highest BCUT2D eigenvalue weighted by molar-refractivity contribution is 5.99. The molecule has 1 aromatic carbocycles. The Labute approximate surface area is 265 Å². The van der Waals surface area contributed by atoms with Crippen LogP contribution in [0, 0.1) is 6.92 Å². The number of ether oxygens (including phenoxy) is 2. The maximum atomic E-state index is 13.5. The Bertz CT molecular complexity index is 1490. The molecule has 15 nitrogen and oxygen atoms in total. The molecule has 1 aromatic heterocycles. The van der Waals surface area contributed by atoms with E-state index in [1.54, 1.807) is 19.1 Å². The fourth-order valence-electron chi connectivity index (χ4n) is 5.55. The van der Waals surface area contributed by atoms with E-state index in [2.05, 4.69) is 10.3 Å². The van der Waals surface area contributed by atoms with E-state index in [1.807, 2.05) is 13.0 Å². The van der Waals surface area contributed by atoms with Crippen molar-refractivity contribution >= 4 is 46.7 Å². The lowest BCUT2D eigenvalue weighted by Gasteiger charge is -2.35. The number of carbonyl (C=O) groups excluding carboxylic acids is 4. The van der Waals surface area contributed by atoms with Gasteiger partial charge in [0.25, 0.3) is 11.8 Å². The lowest BCUT2D eigenvalue weighted by molar-refractivity contribution is -0.152. The predicted octanol–water partition coefficient (Wildman–Crippen LogP) is 1.65. The van der Waals surface area contributed by atoms with Crippen LogP contribution in [-0.4, -0.2) is 124 Å². The molecule has 3 N–H and O–H groups in total. The molecule has 0 unspecified atom stereocenters. The van der Waals surface area contributed by atoms with Gasteiger partial charge >= 0.3 is 18.0 Å². The van der Waals surface area contributed by atoms with Crippen molar-refractivity contribution in [3.8, 4) is 5.75 Å². The number of hydrogen-bond donors (Lipinski definition) is 3. The minimum atomic E-state index is -1.19. The highest BCUT2D eigenvalue weighted by atomic mass is 16.6. The number of nitrogens with one attached hydrogen (secondary N) is 1. The Morgan fingerprint density at radius 2 is 1.72 bits per heavy atom. The van der Waals surface area contributed by atoms with Gasteiger partial charge in [-0.05, 0) is 57.2 Å². The van der Waals surface area contributed by atoms with Crippen LogP contribution in [0.3, 0.4) is 0 Å². The number of carboxylic acids is 2. The summed E-state index contributed by atoms with van der Waals surface area (Å²) in [6, 6.07) is 4.48. The summed E-state index contributed by atoms with van der Waals surface area (Å²) in [6.07, 6.45) is 0.692. The molecule has 2 fully saturated rings. The van der Waals surface area contributed by atoms with Gasteiger partial charge < -0.3 is 39.7 Å². The molecule has 2 aliphatic rings. The van der Waals surface area contributed by atoms with E-state index < -0.39 is 54.4 Å². The van der Waals surface area contributed by atoms with Gasteiger partial charge in [-0.25, -0.2) is 14.6 Å². The second-order valence-electron chi connectivity index (χ2n) is 11.2. The normalized spacial score (nSPS) is 17.3. The summed E-state index contributed by atoms with van der Waals surface area (Å²) >= 11 is 0. The number of aromatic nitrogens is 1. The molecule has 2 atom stereocenters. The van der Waals surface area contributed by atoms with Gasteiger partial charge in [0.15, 0.2) is 6.61 Å². The van der Waals surface area contributed by atoms with Crippen LogP contribution in [0.1, 0.15) is 55.1 Å². The number of rotatable bonds is 11. The molecule has 3 heterocycles. The molecule has 4 amide bonds. The van der Waals surface area contributed by atoms with Crippen molar-refractivity contribution in [3.63, 3.8) is 0 Å². The van der Waals surface area contributed by atoms with Gasteiger partial charge in [-0.3, -0.25) is 19.2 Å². The van der Waals surface area contributed by atoms with Crippen molar-refractivity contribution in [2.45, 2.75) is 58.0 Å². The van der Waals surface area contributed by atoms with Crippen molar-refractivity contribution < 1.29 is 48.5 Å². The first kappa shape index (κ1) is 33.9. The van der Waals surface area contributed by atoms with E-state index >= 15 is 0 Å². The number of piperazine rings is 1. The smallest absolute Gasteiger partial charge is 0.409 e. The van der Waals surface area contributed by atoms with E-state index in [9.17, 15) is 39.0 Å². The van der Waals surface area contributed by atoms with Gasteiger partial charge in [-0.1, -0.05) is 6.07 Å². The van der Waals surface area contributed by atoms with Crippen LogP contribution < -0.4 is 10.1 Å². The van der Waals surface area contributed by atoms with Crippen LogP contribution in [0.5, 0.6) is 5.75 Å². The van der Waals surface area contributed by atoms with Gasteiger partial charge in [0, 0.05) is 50.6 Å². The summed E-state index contributed by atoms with van der Waals surface area (Å²) in [4.78, 5) is 83.8. The number of nitrogens with zero attached hydrogens (tertiary/aromatic N) is 4. The third-order valence-electron chi connectivity index (χ3n) is 7.99. The maximum absolute atomic E-state index is 13.5. The summed E-state index contributed by atoms with van der Waals surface area (Å²) in [7, 11) is 0. The summed E-state index contributed by atoms with van der Waals surface area (Å²) < 4.78 is 10.9. The quantitative estimate of drug-likeness (QED) is 0.323. The van der Waals surface area contributed by atoms with Crippen molar-refractivity contribution in [1.29, 1.82) is 0 Å². The van der Waals surface area contributed by atoms with Gasteiger partial charge in [0.2, 0.25) is 5.91 Å². The lowest BCUT2D eigenvalue weighted by Crippen LogP contribution is -2.56. The van der Waals surface area contributed by atoms with E-state index in [4.69, 9.17) is 9.47 Å². The lowest BCUT2D eigenvalue weighted by atomic mass is 10.0. The number of hydrogen-bond acceptors (Lipinski definition) is 9. The highest BCUT2D eigenvalue weighted by Gasteiger charge is 2.33. The molecule has 0 spiro atoms. The molecule has 0 aliphatic carbocycles. The van der Waals surface area contributed by atoms with Crippen LogP contribution in [0.4, 0.5) is 4.79 Å². The van der Waals surface area contributed by atoms with Crippen LogP contribution in [-0.2, 0) is 23.9 Å². The average molecular weight is 642 g/mol. The fraction of sp³-hybridized carbons (Fsp3) is 0.516. The van der Waals surface area contributed by atoms with Crippen molar-refractivity contribution in [2.75, 3.05) is 45.9 Å². The summed E-state index contributed by atoms with van der Waals surface area (Å²) in [5.41, 5.74) is 1.11. The number of likely N-dealkylation sites (tertiary alicyclic amines) is 1. The third kappa shape index (κ3) is 8.40. The highest BCUT2D eigenvalue weighted by Crippen LogP contribution is 2.27. The van der Waals surface area contributed by atoms with Gasteiger partial charge in [0.1, 0.15) is 23.5 Å². The van der Waals surface area contributed by atoms with E-state index in [0.29, 0.717) is 36.7 Å². The standard InChI is InChI=1S/C31H39N5O10/c1-3-45-31(44)35-14-12-34(13-15-35)29(41)21(9-10-27(38)39)33-28(40)23-17-25(20-8-7-19(2)16-22(20)32-23)46-18-26(37)36-11-5-4-6-24(36)30(42)43/h7-8,16-17,21,24H,3-6,9-15,18H2,1-2H3,(H,33,40)(H,38,39)(H,42,43)/t21-,24+/m0/s1. The molecule has 2 saturated heterocycles. The summed E-state index contributed by atoms with van der Waals surface area (Å²) in [5, 5.41) is 22.0. The minimum absolute atomic E-state index is 0.123. The molecular weight excluding hydrogens is 602 g/mol. The third-order valence-corrected chi connectivity index (χ3v) is 7.99. The number of carbonyl (C=O) groups is 6. The number of benzene rings is 1. The molecule has 0 saturated carbocycles.